The van der Waals surface area contributed by atoms with Crippen molar-refractivity contribution in [1.29, 1.82) is 0 Å². The molecule has 6 nitrogen and oxygen atoms in total. The molecule has 0 bridgehead atoms. The average Bonchev–Trinajstić information content (AvgIpc) is 3.36. The number of amides is 1. The maximum absolute atomic E-state index is 14.2. The van der Waals surface area contributed by atoms with Crippen molar-refractivity contribution in [1.82, 2.24) is 10.2 Å². The van der Waals surface area contributed by atoms with E-state index in [9.17, 15) is 22.8 Å². The van der Waals surface area contributed by atoms with E-state index >= 15 is 0 Å². The van der Waals surface area contributed by atoms with E-state index in [1.54, 1.807) is 0 Å². The van der Waals surface area contributed by atoms with Crippen LogP contribution in [-0.2, 0) is 6.54 Å². The minimum Gasteiger partial charge on any atom is -0.494 e. The Kier molecular flexibility index (Phi) is 8.92. The molecule has 0 unspecified atom stereocenters. The SMILES string of the molecule is CCOc1ccc(-c2ccc(C(=O)C(F)(F)F)cc2)cc1CN(C(=O)c1oc2ccccc2c1C)[C@H]1CC[C@@H](NC)CC1. The largest absolute Gasteiger partial charge is 0.494 e. The van der Waals surface area contributed by atoms with Crippen LogP contribution in [0.15, 0.2) is 71.1 Å². The van der Waals surface area contributed by atoms with Crippen molar-refractivity contribution in [3.8, 4) is 16.9 Å². The van der Waals surface area contributed by atoms with Gasteiger partial charge in [0.05, 0.1) is 13.2 Å². The van der Waals surface area contributed by atoms with Crippen LogP contribution in [0.25, 0.3) is 22.1 Å². The van der Waals surface area contributed by atoms with E-state index in [2.05, 4.69) is 5.32 Å². The molecule has 1 N–H and O–H groups in total. The number of ether oxygens (including phenoxy) is 1. The summed E-state index contributed by atoms with van der Waals surface area (Å²) in [7, 11) is 1.96. The quantitative estimate of drug-likeness (QED) is 0.202. The van der Waals surface area contributed by atoms with E-state index in [-0.39, 0.29) is 18.5 Å². The second-order valence-electron chi connectivity index (χ2n) is 10.9. The molecule has 4 aromatic rings. The lowest BCUT2D eigenvalue weighted by molar-refractivity contribution is -0.0885. The second-order valence-corrected chi connectivity index (χ2v) is 10.9. The maximum atomic E-state index is 14.2. The van der Waals surface area contributed by atoms with Gasteiger partial charge in [0, 0.05) is 34.2 Å². The molecule has 1 aliphatic rings. The van der Waals surface area contributed by atoms with Crippen molar-refractivity contribution in [2.45, 2.75) is 64.3 Å². The Balaban J connectivity index is 1.51. The number of halogens is 3. The van der Waals surface area contributed by atoms with Crippen molar-refractivity contribution in [3.63, 3.8) is 0 Å². The zero-order valence-corrected chi connectivity index (χ0v) is 24.5. The van der Waals surface area contributed by atoms with E-state index in [1.807, 2.05) is 68.3 Å². The topological polar surface area (TPSA) is 71.8 Å². The molecular weight excluding hydrogens is 557 g/mol. The van der Waals surface area contributed by atoms with E-state index in [0.717, 1.165) is 47.8 Å². The van der Waals surface area contributed by atoms with Gasteiger partial charge in [-0.3, -0.25) is 9.59 Å². The number of benzene rings is 3. The molecule has 1 saturated carbocycles. The second kappa shape index (κ2) is 12.6. The van der Waals surface area contributed by atoms with Gasteiger partial charge in [0.2, 0.25) is 0 Å². The molecule has 1 fully saturated rings. The number of nitrogens with one attached hydrogen (secondary N) is 1. The Hall–Kier alpha value is -4.11. The fourth-order valence-electron chi connectivity index (χ4n) is 5.89. The van der Waals surface area contributed by atoms with Gasteiger partial charge in [0.1, 0.15) is 11.3 Å². The fraction of sp³-hybridized carbons (Fsp3) is 0.353. The van der Waals surface area contributed by atoms with Gasteiger partial charge in [-0.25, -0.2) is 0 Å². The van der Waals surface area contributed by atoms with Crippen LogP contribution >= 0.6 is 0 Å². The Morgan fingerprint density at radius 2 is 1.65 bits per heavy atom. The monoisotopic (exact) mass is 592 g/mol. The van der Waals surface area contributed by atoms with Gasteiger partial charge >= 0.3 is 6.18 Å². The Bertz CT molecular complexity index is 1600. The molecular formula is C34H35F3N2O4. The van der Waals surface area contributed by atoms with E-state index in [1.165, 1.54) is 24.3 Å². The molecule has 0 atom stereocenters. The smallest absolute Gasteiger partial charge is 0.454 e. The van der Waals surface area contributed by atoms with Gasteiger partial charge in [0.15, 0.2) is 5.76 Å². The van der Waals surface area contributed by atoms with Gasteiger partial charge in [-0.1, -0.05) is 48.5 Å². The molecule has 0 aliphatic heterocycles. The number of carbonyl (C=O) groups excluding carboxylic acids is 2. The van der Waals surface area contributed by atoms with Crippen LogP contribution < -0.4 is 10.1 Å². The van der Waals surface area contributed by atoms with Gasteiger partial charge in [-0.05, 0) is 75.9 Å². The van der Waals surface area contributed by atoms with Gasteiger partial charge in [-0.2, -0.15) is 13.2 Å². The molecule has 0 spiro atoms. The number of Topliss-reactive ketones (excluding diaryl/α,β-unsaturated/α-hetero) is 1. The van der Waals surface area contributed by atoms with Crippen LogP contribution in [0.4, 0.5) is 13.2 Å². The molecule has 1 heterocycles. The first-order valence-corrected chi connectivity index (χ1v) is 14.5. The highest BCUT2D eigenvalue weighted by Crippen LogP contribution is 2.34. The number of hydrogen-bond acceptors (Lipinski definition) is 5. The number of rotatable bonds is 9. The summed E-state index contributed by atoms with van der Waals surface area (Å²) in [5.41, 5.74) is 3.18. The number of furan rings is 1. The summed E-state index contributed by atoms with van der Waals surface area (Å²) in [5.74, 6) is -1.13. The zero-order chi connectivity index (χ0) is 30.7. The van der Waals surface area contributed by atoms with Gasteiger partial charge in [0.25, 0.3) is 11.7 Å². The summed E-state index contributed by atoms with van der Waals surface area (Å²) in [5, 5.41) is 4.24. The lowest BCUT2D eigenvalue weighted by Crippen LogP contribution is -2.44. The summed E-state index contributed by atoms with van der Waals surface area (Å²) >= 11 is 0. The number of ketones is 1. The molecule has 3 aromatic carbocycles. The summed E-state index contributed by atoms with van der Waals surface area (Å²) in [6.45, 7) is 4.46. The number of alkyl halides is 3. The van der Waals surface area contributed by atoms with Crippen molar-refractivity contribution < 1.29 is 31.9 Å². The van der Waals surface area contributed by atoms with E-state index in [4.69, 9.17) is 9.15 Å². The molecule has 1 aromatic heterocycles. The Morgan fingerprint density at radius 3 is 2.28 bits per heavy atom. The van der Waals surface area contributed by atoms with E-state index in [0.29, 0.717) is 35.3 Å². The first-order valence-electron chi connectivity index (χ1n) is 14.5. The first-order chi connectivity index (χ1) is 20.6. The lowest BCUT2D eigenvalue weighted by Gasteiger charge is -2.37. The molecule has 226 valence electrons. The Morgan fingerprint density at radius 1 is 0.977 bits per heavy atom. The minimum absolute atomic E-state index is 0.0180. The number of hydrogen-bond donors (Lipinski definition) is 1. The fourth-order valence-corrected chi connectivity index (χ4v) is 5.89. The van der Waals surface area contributed by atoms with E-state index < -0.39 is 17.5 Å². The standard InChI is InChI=1S/C34H35F3N2O4/c1-4-42-29-18-13-24(22-9-11-23(12-10-22)32(40)34(35,36)37)19-25(29)20-39(27-16-14-26(38-3)15-17-27)33(41)31-21(2)28-7-5-6-8-30(28)43-31/h5-13,18-19,26-27,38H,4,14-17,20H2,1-3H3/t26-,27+. The molecule has 1 aliphatic carbocycles. The summed E-state index contributed by atoms with van der Waals surface area (Å²) in [6.07, 6.45) is -1.41. The number of aryl methyl sites for hydroxylation is 1. The number of carbonyl (C=O) groups is 2. The van der Waals surface area contributed by atoms with Crippen LogP contribution in [0.5, 0.6) is 5.75 Å². The third-order valence-corrected chi connectivity index (χ3v) is 8.28. The third kappa shape index (κ3) is 6.46. The average molecular weight is 593 g/mol. The predicted molar refractivity (Wildman–Crippen MR) is 159 cm³/mol. The van der Waals surface area contributed by atoms with Crippen LogP contribution in [0, 0.1) is 6.92 Å². The molecule has 9 heteroatoms. The molecule has 43 heavy (non-hydrogen) atoms. The lowest BCUT2D eigenvalue weighted by atomic mass is 9.89. The molecule has 1 amide bonds. The summed E-state index contributed by atoms with van der Waals surface area (Å²) < 4.78 is 50.8. The highest BCUT2D eigenvalue weighted by Gasteiger charge is 2.39. The minimum atomic E-state index is -4.94. The van der Waals surface area contributed by atoms with Gasteiger partial charge < -0.3 is 19.4 Å². The highest BCUT2D eigenvalue weighted by atomic mass is 19.4. The van der Waals surface area contributed by atoms with Crippen LogP contribution in [0.2, 0.25) is 0 Å². The normalized spacial score (nSPS) is 17.2. The van der Waals surface area contributed by atoms with Crippen LogP contribution in [-0.4, -0.2) is 48.5 Å². The number of nitrogens with zero attached hydrogens (tertiary/aromatic N) is 1. The van der Waals surface area contributed by atoms with Crippen molar-refractivity contribution in [2.24, 2.45) is 0 Å². The zero-order valence-electron chi connectivity index (χ0n) is 24.5. The summed E-state index contributed by atoms with van der Waals surface area (Å²) in [4.78, 5) is 27.8. The number of fused-ring (bicyclic) bond motifs is 1. The summed E-state index contributed by atoms with van der Waals surface area (Å²) in [6, 6.07) is 18.9. The first kappa shape index (κ1) is 30.4. The highest BCUT2D eigenvalue weighted by molar-refractivity contribution is 6.00. The van der Waals surface area contributed by atoms with Crippen molar-refractivity contribution in [3.05, 3.63) is 89.2 Å². The number of para-hydroxylation sites is 1. The van der Waals surface area contributed by atoms with Crippen LogP contribution in [0.1, 0.15) is 64.6 Å². The molecule has 0 saturated heterocycles. The maximum Gasteiger partial charge on any atom is 0.454 e. The van der Waals surface area contributed by atoms with Crippen molar-refractivity contribution in [2.75, 3.05) is 13.7 Å². The molecule has 5 rings (SSSR count). The molecule has 0 radical (unpaired) electrons. The van der Waals surface area contributed by atoms with Gasteiger partial charge in [-0.15, -0.1) is 0 Å². The Labute approximate surface area is 248 Å². The third-order valence-electron chi connectivity index (χ3n) is 8.28. The predicted octanol–water partition coefficient (Wildman–Crippen LogP) is 7.72. The van der Waals surface area contributed by atoms with Crippen molar-refractivity contribution >= 4 is 22.7 Å². The van der Waals surface area contributed by atoms with Crippen LogP contribution in [0.3, 0.4) is 0 Å².